The van der Waals surface area contributed by atoms with Gasteiger partial charge in [0, 0.05) is 6.54 Å². The van der Waals surface area contributed by atoms with E-state index in [1.807, 2.05) is 30.3 Å². The predicted octanol–water partition coefficient (Wildman–Crippen LogP) is 0.920. The van der Waals surface area contributed by atoms with Crippen LogP contribution in [0.5, 0.6) is 0 Å². The summed E-state index contributed by atoms with van der Waals surface area (Å²) in [4.78, 5) is 40.5. The lowest BCUT2D eigenvalue weighted by Gasteiger charge is -2.07. The average Bonchev–Trinajstić information content (AvgIpc) is 3.10. The maximum atomic E-state index is 12.6. The zero-order valence-corrected chi connectivity index (χ0v) is 14.7. The molecule has 1 aromatic carbocycles. The second-order valence-electron chi connectivity index (χ2n) is 5.69. The highest BCUT2D eigenvalue weighted by molar-refractivity contribution is 5.99. The molecule has 0 saturated heterocycles. The van der Waals surface area contributed by atoms with Crippen molar-refractivity contribution >= 4 is 23.0 Å². The molecule has 0 aliphatic heterocycles. The third kappa shape index (κ3) is 4.20. The number of fused-ring (bicyclic) bond motifs is 1. The van der Waals surface area contributed by atoms with Gasteiger partial charge >= 0.3 is 5.97 Å². The van der Waals surface area contributed by atoms with Crippen LogP contribution in [0.4, 0.5) is 0 Å². The highest BCUT2D eigenvalue weighted by atomic mass is 16.5. The van der Waals surface area contributed by atoms with Crippen molar-refractivity contribution < 1.29 is 18.8 Å². The molecule has 0 aliphatic carbocycles. The van der Waals surface area contributed by atoms with Crippen LogP contribution in [0, 0.1) is 0 Å². The molecule has 0 unspecified atom stereocenters. The summed E-state index contributed by atoms with van der Waals surface area (Å²) in [5.41, 5.74) is 0.177. The van der Waals surface area contributed by atoms with Gasteiger partial charge in [0.1, 0.15) is 18.3 Å². The van der Waals surface area contributed by atoms with Crippen molar-refractivity contribution in [2.45, 2.75) is 19.9 Å². The van der Waals surface area contributed by atoms with E-state index in [0.717, 1.165) is 10.1 Å². The Hall–Kier alpha value is -3.49. The Morgan fingerprint density at radius 1 is 1.26 bits per heavy atom. The molecule has 140 valence electrons. The lowest BCUT2D eigenvalue weighted by atomic mass is 10.1. The van der Waals surface area contributed by atoms with Gasteiger partial charge < -0.3 is 14.6 Å². The van der Waals surface area contributed by atoms with Crippen LogP contribution in [0.2, 0.25) is 0 Å². The minimum atomic E-state index is -0.778. The summed E-state index contributed by atoms with van der Waals surface area (Å²) in [7, 11) is 0. The van der Waals surface area contributed by atoms with E-state index < -0.39 is 11.5 Å². The molecule has 0 saturated carbocycles. The van der Waals surface area contributed by atoms with Crippen LogP contribution < -0.4 is 10.9 Å². The third-order valence-corrected chi connectivity index (χ3v) is 3.82. The fourth-order valence-electron chi connectivity index (χ4n) is 2.53. The van der Waals surface area contributed by atoms with Crippen molar-refractivity contribution in [3.8, 4) is 0 Å². The fraction of sp³-hybridized carbons (Fsp3) is 0.278. The van der Waals surface area contributed by atoms with Crippen molar-refractivity contribution in [1.82, 2.24) is 20.0 Å². The molecule has 1 amide bonds. The van der Waals surface area contributed by atoms with Gasteiger partial charge in [0.25, 0.3) is 11.3 Å². The zero-order chi connectivity index (χ0) is 19.2. The molecular weight excluding hydrogens is 352 g/mol. The topological polar surface area (TPSA) is 116 Å². The number of carbonyl (C=O) groups is 2. The monoisotopic (exact) mass is 370 g/mol. The molecular formula is C18H18N4O5. The number of amides is 1. The smallest absolute Gasteiger partial charge is 0.361 e. The van der Waals surface area contributed by atoms with Gasteiger partial charge in [-0.3, -0.25) is 14.2 Å². The molecule has 9 nitrogen and oxygen atoms in total. The minimum absolute atomic E-state index is 0.0798. The third-order valence-electron chi connectivity index (χ3n) is 3.82. The maximum absolute atomic E-state index is 12.6. The largest absolute Gasteiger partial charge is 0.461 e. The maximum Gasteiger partial charge on any atom is 0.361 e. The Morgan fingerprint density at radius 3 is 2.78 bits per heavy atom. The summed E-state index contributed by atoms with van der Waals surface area (Å²) in [6.07, 6.45) is 1.86. The lowest BCUT2D eigenvalue weighted by molar-refractivity contribution is -0.121. The van der Waals surface area contributed by atoms with Crippen molar-refractivity contribution in [1.29, 1.82) is 0 Å². The van der Waals surface area contributed by atoms with Crippen LogP contribution in [0.25, 0.3) is 11.1 Å². The normalized spacial score (nSPS) is 10.7. The van der Waals surface area contributed by atoms with E-state index in [0.29, 0.717) is 13.0 Å². The second-order valence-corrected chi connectivity index (χ2v) is 5.69. The standard InChI is InChI=1S/C18H18N4O5/c1-2-26-18(25)15-14-16(27-21-15)20-11-22(17(14)24)10-13(23)19-9-8-12-6-4-3-5-7-12/h3-7,11H,2,8-10H2,1H3,(H,19,23). The molecule has 3 aromatic rings. The number of benzene rings is 1. The Morgan fingerprint density at radius 2 is 2.04 bits per heavy atom. The number of aromatic nitrogens is 3. The van der Waals surface area contributed by atoms with Crippen LogP contribution >= 0.6 is 0 Å². The van der Waals surface area contributed by atoms with Gasteiger partial charge in [-0.05, 0) is 18.9 Å². The molecule has 1 N–H and O–H groups in total. The SMILES string of the molecule is CCOC(=O)c1noc2ncn(CC(=O)NCCc3ccccc3)c(=O)c12. The highest BCUT2D eigenvalue weighted by Crippen LogP contribution is 2.12. The van der Waals surface area contributed by atoms with Gasteiger partial charge in [-0.25, -0.2) is 9.78 Å². The molecule has 0 atom stereocenters. The van der Waals surface area contributed by atoms with E-state index in [2.05, 4.69) is 15.5 Å². The number of carbonyl (C=O) groups excluding carboxylic acids is 2. The average molecular weight is 370 g/mol. The Balaban J connectivity index is 1.70. The van der Waals surface area contributed by atoms with Crippen LogP contribution in [-0.2, 0) is 22.5 Å². The second kappa shape index (κ2) is 8.26. The number of nitrogens with one attached hydrogen (secondary N) is 1. The molecule has 27 heavy (non-hydrogen) atoms. The van der Waals surface area contributed by atoms with E-state index in [-0.39, 0.29) is 35.9 Å². The van der Waals surface area contributed by atoms with Gasteiger partial charge in [-0.1, -0.05) is 35.5 Å². The molecule has 2 aromatic heterocycles. The van der Waals surface area contributed by atoms with E-state index in [1.54, 1.807) is 6.92 Å². The highest BCUT2D eigenvalue weighted by Gasteiger charge is 2.22. The van der Waals surface area contributed by atoms with Crippen molar-refractivity contribution in [3.05, 3.63) is 58.3 Å². The molecule has 2 heterocycles. The molecule has 0 spiro atoms. The van der Waals surface area contributed by atoms with E-state index >= 15 is 0 Å². The summed E-state index contributed by atoms with van der Waals surface area (Å²) in [6, 6.07) is 9.72. The molecule has 0 bridgehead atoms. The molecule has 9 heteroatoms. The van der Waals surface area contributed by atoms with Crippen molar-refractivity contribution in [2.24, 2.45) is 0 Å². The van der Waals surface area contributed by atoms with E-state index in [4.69, 9.17) is 9.26 Å². The lowest BCUT2D eigenvalue weighted by Crippen LogP contribution is -2.33. The first-order chi connectivity index (χ1) is 13.1. The molecule has 3 rings (SSSR count). The number of hydrogen-bond donors (Lipinski definition) is 1. The summed E-state index contributed by atoms with van der Waals surface area (Å²) in [5.74, 6) is -1.12. The first kappa shape index (κ1) is 18.3. The Bertz CT molecular complexity index is 1010. The van der Waals surface area contributed by atoms with Gasteiger partial charge in [0.15, 0.2) is 0 Å². The van der Waals surface area contributed by atoms with Crippen LogP contribution in [-0.4, -0.2) is 39.7 Å². The van der Waals surface area contributed by atoms with E-state index in [1.165, 1.54) is 6.33 Å². The Kier molecular flexibility index (Phi) is 5.60. The number of ether oxygens (including phenoxy) is 1. The number of nitrogens with zero attached hydrogens (tertiary/aromatic N) is 3. The first-order valence-corrected chi connectivity index (χ1v) is 8.42. The quantitative estimate of drug-likeness (QED) is 0.615. The summed E-state index contributed by atoms with van der Waals surface area (Å²) in [5, 5.41) is 6.20. The molecule has 0 aliphatic rings. The summed E-state index contributed by atoms with van der Waals surface area (Å²) < 4.78 is 10.8. The van der Waals surface area contributed by atoms with Gasteiger partial charge in [0.2, 0.25) is 11.6 Å². The van der Waals surface area contributed by atoms with Crippen LogP contribution in [0.1, 0.15) is 23.0 Å². The van der Waals surface area contributed by atoms with E-state index in [9.17, 15) is 14.4 Å². The van der Waals surface area contributed by atoms with Crippen molar-refractivity contribution in [2.75, 3.05) is 13.2 Å². The minimum Gasteiger partial charge on any atom is -0.461 e. The first-order valence-electron chi connectivity index (χ1n) is 8.42. The number of rotatable bonds is 7. The number of hydrogen-bond acceptors (Lipinski definition) is 7. The molecule has 0 radical (unpaired) electrons. The van der Waals surface area contributed by atoms with Gasteiger partial charge in [-0.2, -0.15) is 0 Å². The van der Waals surface area contributed by atoms with Crippen LogP contribution in [0.3, 0.4) is 0 Å². The fourth-order valence-corrected chi connectivity index (χ4v) is 2.53. The van der Waals surface area contributed by atoms with Gasteiger partial charge in [0.05, 0.1) is 6.61 Å². The summed E-state index contributed by atoms with van der Waals surface area (Å²) >= 11 is 0. The predicted molar refractivity (Wildman–Crippen MR) is 95.2 cm³/mol. The zero-order valence-electron chi connectivity index (χ0n) is 14.7. The van der Waals surface area contributed by atoms with Crippen LogP contribution in [0.15, 0.2) is 46.0 Å². The Labute approximate surface area is 153 Å². The summed E-state index contributed by atoms with van der Waals surface area (Å²) in [6.45, 7) is 1.97. The van der Waals surface area contributed by atoms with Gasteiger partial charge in [-0.15, -0.1) is 0 Å². The number of esters is 1. The van der Waals surface area contributed by atoms with Crippen molar-refractivity contribution in [3.63, 3.8) is 0 Å². The molecule has 0 fully saturated rings.